The van der Waals surface area contributed by atoms with Crippen molar-refractivity contribution in [3.63, 3.8) is 0 Å². The van der Waals surface area contributed by atoms with Gasteiger partial charge in [0.15, 0.2) is 0 Å². The van der Waals surface area contributed by atoms with Crippen molar-refractivity contribution < 1.29 is 107 Å². The van der Waals surface area contributed by atoms with Gasteiger partial charge in [0.05, 0.1) is 19.8 Å². The maximum Gasteiger partial charge on any atom is 0.417 e. The highest BCUT2D eigenvalue weighted by Crippen LogP contribution is 2.48. The van der Waals surface area contributed by atoms with E-state index in [4.69, 9.17) is 49.7 Å². The van der Waals surface area contributed by atoms with Gasteiger partial charge < -0.3 is 60.4 Å². The SMILES string of the molecule is CC(C)(C)OC(=O)N1C=CC[C@H]1C(N)=O.CC(C)(C)OC(=O)N1[C@H](C(N)=O)C[C@@H]2C[C@@H]21.CCOC(=O)[C@@H]1CC=CN1C(=O)OC(C)(C)C.CCOC(=O)[C@@H]1CCC(=O)N1.CCOC(=O)[C@@H]1CCC(=O)N1C(=O)OC(C)(C)C.F.O=C1CC[C@@H](C(=O)O)N1.[B].[HH]. The number of piperidine rings is 1. The molecule has 1 saturated carbocycles. The van der Waals surface area contributed by atoms with Gasteiger partial charge in [-0.25, -0.2) is 43.3 Å². The number of ether oxygens (including phenoxy) is 7. The van der Waals surface area contributed by atoms with E-state index in [0.29, 0.717) is 64.1 Å². The van der Waals surface area contributed by atoms with E-state index in [2.05, 4.69) is 10.6 Å². The maximum atomic E-state index is 11.9. The Bertz CT molecular complexity index is 2550. The van der Waals surface area contributed by atoms with E-state index in [9.17, 15) is 62.3 Å². The number of aliphatic carboxylic acids is 1. The van der Waals surface area contributed by atoms with Crippen molar-refractivity contribution >= 4 is 86.2 Å². The number of imide groups is 1. The smallest absolute Gasteiger partial charge is 0.417 e. The Balaban J connectivity index is 0. The topological polar surface area (TPSA) is 396 Å². The van der Waals surface area contributed by atoms with Crippen molar-refractivity contribution in [2.75, 3.05) is 19.8 Å². The van der Waals surface area contributed by atoms with Gasteiger partial charge >= 0.3 is 48.3 Å². The first kappa shape index (κ1) is 80.0. The van der Waals surface area contributed by atoms with Crippen LogP contribution in [0.15, 0.2) is 24.6 Å². The zero-order valence-electron chi connectivity index (χ0n) is 53.2. The summed E-state index contributed by atoms with van der Waals surface area (Å²) in [6.45, 7) is 27.2. The number of carboxylic acids is 1. The average Bonchev–Trinajstić information content (AvgIpc) is 1.89. The Morgan fingerprint density at radius 1 is 0.534 bits per heavy atom. The lowest BCUT2D eigenvalue weighted by atomic mass is 10.1. The fraction of sp³-hybridized carbons (Fsp3) is 0.702. The first-order valence-corrected chi connectivity index (χ1v) is 28.5. The van der Waals surface area contributed by atoms with Gasteiger partial charge in [-0.15, -0.1) is 0 Å². The summed E-state index contributed by atoms with van der Waals surface area (Å²) in [4.78, 5) is 151. The fourth-order valence-electron chi connectivity index (χ4n) is 8.55. The molecule has 1 aliphatic carbocycles. The van der Waals surface area contributed by atoms with E-state index in [-0.39, 0.29) is 57.8 Å². The quantitative estimate of drug-likeness (QED) is 0.119. The summed E-state index contributed by atoms with van der Waals surface area (Å²) >= 11 is 0. The van der Waals surface area contributed by atoms with Crippen LogP contribution in [0.2, 0.25) is 0 Å². The van der Waals surface area contributed by atoms with E-state index >= 15 is 0 Å². The number of amides is 9. The van der Waals surface area contributed by atoms with Crippen molar-refractivity contribution in [1.29, 1.82) is 0 Å². The minimum absolute atomic E-state index is 0. The van der Waals surface area contributed by atoms with Gasteiger partial charge in [0.1, 0.15) is 58.7 Å². The largest absolute Gasteiger partial charge is 0.480 e. The predicted octanol–water partition coefficient (Wildman–Crippen LogP) is 4.61. The molecular formula is C57H93BFN8O21. The van der Waals surface area contributed by atoms with Crippen LogP contribution in [0.4, 0.5) is 23.9 Å². The molecule has 497 valence electrons. The first-order chi connectivity index (χ1) is 39.6. The monoisotopic (exact) mass is 1260 g/mol. The standard InChI is InChI=1S/C12H19NO5.C12H19NO4.C11H18N2O3.C10H16N2O3.C7H11NO3.C5H7NO3.B.FH.H2/c1-5-17-10(15)8-6-7-9(14)13(8)11(16)18-12(2,3)4;1-5-16-10(14)9-7-6-8-13(9)11(15)17-12(2,3)4;1-11(2,3)16-10(15)13-7-4-6(7)5-8(13)9(12)14;1-10(2,3)15-9(14)12-6-4-5-7(12)8(11)13;1-2-11-7(10)5-3-4-6(9)8-5;7-4-2-1-3(6-4)5(8)9;;;/h8H,5-7H2,1-4H3;6,8-9H,5,7H2,1-4H3;6-8H,4-5H2,1-3H3,(H2,12,14);4,6-7H,5H2,1-3H3,(H2,11,13);5H,2-4H2,1H3,(H,8,9);3H,1-2H2,(H,6,7)(H,8,9);;2*1H/t8-;9-;6-,7-,8-;7-;5-;3-;;;/m000000.../s1. The van der Waals surface area contributed by atoms with Crippen LogP contribution in [0, 0.1) is 5.92 Å². The van der Waals surface area contributed by atoms with E-state index in [1.807, 2.05) is 20.8 Å². The summed E-state index contributed by atoms with van der Waals surface area (Å²) in [5.41, 5.74) is 8.05. The predicted molar refractivity (Wildman–Crippen MR) is 314 cm³/mol. The molecule has 4 saturated heterocycles. The van der Waals surface area contributed by atoms with Gasteiger partial charge in [-0.2, -0.15) is 0 Å². The lowest BCUT2D eigenvalue weighted by Gasteiger charge is -2.28. The van der Waals surface area contributed by atoms with Gasteiger partial charge in [-0.05, 0) is 155 Å². The number of esters is 3. The Morgan fingerprint density at radius 3 is 1.31 bits per heavy atom. The molecule has 0 aromatic heterocycles. The van der Waals surface area contributed by atoms with E-state index in [1.165, 1.54) is 20.9 Å². The number of fused-ring (bicyclic) bond motifs is 1. The number of halogens is 1. The van der Waals surface area contributed by atoms with Gasteiger partial charge in [-0.3, -0.25) is 43.4 Å². The van der Waals surface area contributed by atoms with Crippen LogP contribution in [-0.2, 0) is 76.3 Å². The lowest BCUT2D eigenvalue weighted by Crippen LogP contribution is -2.47. The second-order valence-corrected chi connectivity index (χ2v) is 24.3. The minimum Gasteiger partial charge on any atom is -0.480 e. The average molecular weight is 1260 g/mol. The van der Waals surface area contributed by atoms with Crippen LogP contribution in [0.5, 0.6) is 0 Å². The molecule has 0 spiro atoms. The molecule has 6 heterocycles. The van der Waals surface area contributed by atoms with Gasteiger partial charge in [0.2, 0.25) is 29.5 Å². The van der Waals surface area contributed by atoms with Crippen molar-refractivity contribution in [3.8, 4) is 0 Å². The number of nitrogens with two attached hydrogens (primary N) is 2. The lowest BCUT2D eigenvalue weighted by molar-refractivity contribution is -0.151. The zero-order valence-corrected chi connectivity index (χ0v) is 53.2. The minimum atomic E-state index is -0.944. The molecule has 0 unspecified atom stereocenters. The maximum absolute atomic E-state index is 11.9. The number of primary amides is 2. The number of nitrogens with zero attached hydrogens (tertiary/aromatic N) is 4. The molecule has 7 rings (SSSR count). The fourth-order valence-corrected chi connectivity index (χ4v) is 8.55. The van der Waals surface area contributed by atoms with Gasteiger partial charge in [0.25, 0.3) is 0 Å². The summed E-state index contributed by atoms with van der Waals surface area (Å²) < 4.78 is 35.2. The Hall–Kier alpha value is -8.02. The first-order valence-electron chi connectivity index (χ1n) is 28.5. The Morgan fingerprint density at radius 2 is 0.920 bits per heavy atom. The van der Waals surface area contributed by atoms with Crippen molar-refractivity contribution in [1.82, 2.24) is 30.2 Å². The van der Waals surface area contributed by atoms with Gasteiger partial charge in [0, 0.05) is 47.5 Å². The second-order valence-electron chi connectivity index (χ2n) is 24.3. The molecule has 9 amide bonds. The summed E-state index contributed by atoms with van der Waals surface area (Å²) in [7, 11) is 0. The van der Waals surface area contributed by atoms with Crippen LogP contribution in [0.3, 0.4) is 0 Å². The highest BCUT2D eigenvalue weighted by Gasteiger charge is 2.57. The van der Waals surface area contributed by atoms with Crippen LogP contribution in [-0.4, -0.2) is 195 Å². The molecule has 8 atom stereocenters. The number of likely N-dealkylation sites (tertiary alicyclic amines) is 2. The zero-order chi connectivity index (χ0) is 65.8. The van der Waals surface area contributed by atoms with Crippen molar-refractivity contribution in [2.45, 2.75) is 233 Å². The molecule has 88 heavy (non-hydrogen) atoms. The second kappa shape index (κ2) is 35.1. The number of rotatable bonds is 9. The van der Waals surface area contributed by atoms with Crippen molar-refractivity contribution in [2.24, 2.45) is 17.4 Å². The molecule has 7 N–H and O–H groups in total. The van der Waals surface area contributed by atoms with E-state index < -0.39 is 119 Å². The molecule has 5 fully saturated rings. The number of nitrogens with one attached hydrogen (secondary N) is 2. The summed E-state index contributed by atoms with van der Waals surface area (Å²) in [5, 5.41) is 13.2. The number of carboxylic acid groups (broad SMARTS) is 1. The number of carbonyl (C=O) groups is 13. The number of hydrogen-bond acceptors (Lipinski definition) is 20. The summed E-state index contributed by atoms with van der Waals surface area (Å²) in [5.74, 6) is -3.36. The molecule has 29 nitrogen and oxygen atoms in total. The molecule has 3 radical (unpaired) electrons. The number of carbonyl (C=O) groups excluding carboxylic acids is 12. The molecule has 0 aromatic carbocycles. The molecule has 0 aromatic rings. The number of hydrogen-bond donors (Lipinski definition) is 5. The third-order valence-electron chi connectivity index (χ3n) is 12.3. The molecule has 31 heteroatoms. The Kier molecular flexibility index (Phi) is 31.9. The third-order valence-corrected chi connectivity index (χ3v) is 12.3. The highest BCUT2D eigenvalue weighted by molar-refractivity contribution is 5.99. The van der Waals surface area contributed by atoms with Crippen LogP contribution < -0.4 is 22.1 Å². The Labute approximate surface area is 516 Å². The third kappa shape index (κ3) is 27.4. The van der Waals surface area contributed by atoms with Crippen LogP contribution in [0.1, 0.15) is 169 Å². The molecular weight excluding hydrogens is 1160 g/mol. The molecule has 0 bridgehead atoms. The van der Waals surface area contributed by atoms with Crippen LogP contribution >= 0.6 is 0 Å². The highest BCUT2D eigenvalue weighted by atomic mass is 19.0. The van der Waals surface area contributed by atoms with Crippen molar-refractivity contribution in [3.05, 3.63) is 24.6 Å². The summed E-state index contributed by atoms with van der Waals surface area (Å²) in [6, 6.07) is -3.40. The molecule has 7 aliphatic rings. The molecule has 6 aliphatic heterocycles. The summed E-state index contributed by atoms with van der Waals surface area (Å²) in [6.07, 6.45) is 9.11. The van der Waals surface area contributed by atoms with E-state index in [1.54, 1.807) is 101 Å². The normalized spacial score (nSPS) is 22.6. The van der Waals surface area contributed by atoms with Crippen LogP contribution in [0.25, 0.3) is 0 Å². The van der Waals surface area contributed by atoms with Gasteiger partial charge in [-0.1, -0.05) is 12.2 Å². The van der Waals surface area contributed by atoms with E-state index in [0.717, 1.165) is 11.3 Å².